The molecule has 2 rings (SSSR count). The van der Waals surface area contributed by atoms with Crippen LogP contribution in [0.5, 0.6) is 0 Å². The molecule has 2 aromatic rings. The summed E-state index contributed by atoms with van der Waals surface area (Å²) in [6, 6.07) is 7.97. The maximum atomic E-state index is 11.8. The Bertz CT molecular complexity index is 623. The van der Waals surface area contributed by atoms with Crippen molar-refractivity contribution >= 4 is 33.4 Å². The molecule has 0 atom stereocenters. The number of thiazole rings is 1. The van der Waals surface area contributed by atoms with Gasteiger partial charge in [0.2, 0.25) is 11.8 Å². The van der Waals surface area contributed by atoms with E-state index in [-0.39, 0.29) is 24.9 Å². The minimum Gasteiger partial charge on any atom is -0.355 e. The first-order valence-corrected chi connectivity index (χ1v) is 7.96. The normalized spacial score (nSPS) is 10.9. The van der Waals surface area contributed by atoms with Crippen LogP contribution in [0.4, 0.5) is 0 Å². The molecule has 0 saturated heterocycles. The summed E-state index contributed by atoms with van der Waals surface area (Å²) in [6.07, 6.45) is 0. The van der Waals surface area contributed by atoms with Crippen LogP contribution in [0.2, 0.25) is 0 Å². The molecule has 118 valence electrons. The van der Waals surface area contributed by atoms with Gasteiger partial charge in [-0.2, -0.15) is 0 Å². The Hall–Kier alpha value is -1.99. The molecule has 2 amide bonds. The van der Waals surface area contributed by atoms with E-state index in [1.807, 2.05) is 43.1 Å². The highest BCUT2D eigenvalue weighted by molar-refractivity contribution is 7.18. The highest BCUT2D eigenvalue weighted by atomic mass is 32.1. The number of fused-ring (bicyclic) bond motifs is 1. The number of rotatable bonds is 7. The molecule has 0 spiro atoms. The second-order valence-corrected chi connectivity index (χ2v) is 6.09. The lowest BCUT2D eigenvalue weighted by molar-refractivity contribution is -0.126. The zero-order valence-corrected chi connectivity index (χ0v) is 13.6. The van der Waals surface area contributed by atoms with Gasteiger partial charge in [0, 0.05) is 6.54 Å². The number of likely N-dealkylation sites (N-methyl/N-ethyl adjacent to an activating group) is 2. The smallest absolute Gasteiger partial charge is 0.239 e. The summed E-state index contributed by atoms with van der Waals surface area (Å²) in [7, 11) is 1.86. The van der Waals surface area contributed by atoms with Crippen molar-refractivity contribution in [2.24, 2.45) is 0 Å². The molecular weight excluding hydrogens is 300 g/mol. The van der Waals surface area contributed by atoms with E-state index in [4.69, 9.17) is 0 Å². The Balaban J connectivity index is 1.80. The summed E-state index contributed by atoms with van der Waals surface area (Å²) >= 11 is 1.63. The highest BCUT2D eigenvalue weighted by Crippen LogP contribution is 2.22. The molecule has 0 unspecified atom stereocenters. The molecule has 0 aliphatic heterocycles. The topological polar surface area (TPSA) is 74.3 Å². The van der Waals surface area contributed by atoms with Crippen molar-refractivity contribution in [3.8, 4) is 0 Å². The SMILES string of the molecule is CCNC(=O)CNC(=O)CN(C)Cc1nc2ccccc2s1. The van der Waals surface area contributed by atoms with Crippen LogP contribution in [0.3, 0.4) is 0 Å². The van der Waals surface area contributed by atoms with Crippen molar-refractivity contribution in [1.29, 1.82) is 0 Å². The Morgan fingerprint density at radius 2 is 2.00 bits per heavy atom. The van der Waals surface area contributed by atoms with Gasteiger partial charge in [-0.05, 0) is 26.1 Å². The van der Waals surface area contributed by atoms with Crippen LogP contribution in [0.1, 0.15) is 11.9 Å². The fourth-order valence-electron chi connectivity index (χ4n) is 2.01. The number of carbonyl (C=O) groups is 2. The molecule has 0 aliphatic rings. The average molecular weight is 320 g/mol. The Labute approximate surface area is 133 Å². The third kappa shape index (κ3) is 4.78. The van der Waals surface area contributed by atoms with Gasteiger partial charge in [0.05, 0.1) is 29.9 Å². The lowest BCUT2D eigenvalue weighted by Gasteiger charge is -2.14. The van der Waals surface area contributed by atoms with Crippen LogP contribution >= 0.6 is 11.3 Å². The standard InChI is InChI=1S/C15H20N4O2S/c1-3-16-13(20)8-17-14(21)9-19(2)10-15-18-11-6-4-5-7-12(11)22-15/h4-7H,3,8-10H2,1-2H3,(H,16,20)(H,17,21). The lowest BCUT2D eigenvalue weighted by Crippen LogP contribution is -2.41. The van der Waals surface area contributed by atoms with E-state index >= 15 is 0 Å². The molecule has 1 aromatic heterocycles. The summed E-state index contributed by atoms with van der Waals surface area (Å²) in [5.41, 5.74) is 0.983. The van der Waals surface area contributed by atoms with Crippen molar-refractivity contribution in [3.63, 3.8) is 0 Å². The first kappa shape index (κ1) is 16.4. The summed E-state index contributed by atoms with van der Waals surface area (Å²) < 4.78 is 1.14. The molecular formula is C15H20N4O2S. The Morgan fingerprint density at radius 3 is 2.73 bits per heavy atom. The number of hydrogen-bond donors (Lipinski definition) is 2. The van der Waals surface area contributed by atoms with Crippen LogP contribution in [-0.4, -0.2) is 48.4 Å². The number of nitrogens with one attached hydrogen (secondary N) is 2. The Morgan fingerprint density at radius 1 is 1.23 bits per heavy atom. The molecule has 2 N–H and O–H groups in total. The zero-order chi connectivity index (χ0) is 15.9. The fourth-order valence-corrected chi connectivity index (χ4v) is 3.06. The molecule has 0 radical (unpaired) electrons. The van der Waals surface area contributed by atoms with E-state index in [0.29, 0.717) is 13.1 Å². The number of para-hydroxylation sites is 1. The predicted molar refractivity (Wildman–Crippen MR) is 87.6 cm³/mol. The van der Waals surface area contributed by atoms with Crippen molar-refractivity contribution in [2.45, 2.75) is 13.5 Å². The summed E-state index contributed by atoms with van der Waals surface area (Å²) in [5.74, 6) is -0.348. The summed E-state index contributed by atoms with van der Waals surface area (Å²) in [4.78, 5) is 29.5. The number of amides is 2. The summed E-state index contributed by atoms with van der Waals surface area (Å²) in [5, 5.41) is 6.21. The second-order valence-electron chi connectivity index (χ2n) is 4.98. The molecule has 0 bridgehead atoms. The number of nitrogens with zero attached hydrogens (tertiary/aromatic N) is 2. The van der Waals surface area contributed by atoms with E-state index in [2.05, 4.69) is 15.6 Å². The predicted octanol–water partition coefficient (Wildman–Crippen LogP) is 0.980. The average Bonchev–Trinajstić information content (AvgIpc) is 2.87. The van der Waals surface area contributed by atoms with E-state index in [1.165, 1.54) is 0 Å². The lowest BCUT2D eigenvalue weighted by atomic mass is 10.3. The van der Waals surface area contributed by atoms with Crippen molar-refractivity contribution in [3.05, 3.63) is 29.3 Å². The van der Waals surface area contributed by atoms with E-state index in [9.17, 15) is 9.59 Å². The molecule has 0 fully saturated rings. The molecule has 0 saturated carbocycles. The number of benzene rings is 1. The Kier molecular flexibility index (Phi) is 5.85. The maximum Gasteiger partial charge on any atom is 0.239 e. The molecule has 0 aliphatic carbocycles. The van der Waals surface area contributed by atoms with Crippen LogP contribution < -0.4 is 10.6 Å². The van der Waals surface area contributed by atoms with Crippen LogP contribution in [0.25, 0.3) is 10.2 Å². The van der Waals surface area contributed by atoms with Crippen LogP contribution in [0, 0.1) is 0 Å². The van der Waals surface area contributed by atoms with Gasteiger partial charge < -0.3 is 10.6 Å². The van der Waals surface area contributed by atoms with Gasteiger partial charge in [0.1, 0.15) is 5.01 Å². The quantitative estimate of drug-likeness (QED) is 0.797. The molecule has 6 nitrogen and oxygen atoms in total. The first-order chi connectivity index (χ1) is 10.6. The minimum atomic E-state index is -0.176. The molecule has 7 heteroatoms. The summed E-state index contributed by atoms with van der Waals surface area (Å²) in [6.45, 7) is 3.25. The van der Waals surface area contributed by atoms with Crippen LogP contribution in [-0.2, 0) is 16.1 Å². The maximum absolute atomic E-state index is 11.8. The third-order valence-corrected chi connectivity index (χ3v) is 4.00. The third-order valence-electron chi connectivity index (χ3n) is 2.98. The minimum absolute atomic E-state index is 0.0155. The number of carbonyl (C=O) groups excluding carboxylic acids is 2. The van der Waals surface area contributed by atoms with Gasteiger partial charge in [0.15, 0.2) is 0 Å². The largest absolute Gasteiger partial charge is 0.355 e. The van der Waals surface area contributed by atoms with Gasteiger partial charge in [-0.1, -0.05) is 12.1 Å². The van der Waals surface area contributed by atoms with Gasteiger partial charge in [0.25, 0.3) is 0 Å². The van der Waals surface area contributed by atoms with Crippen molar-refractivity contribution in [2.75, 3.05) is 26.7 Å². The van der Waals surface area contributed by atoms with Crippen molar-refractivity contribution < 1.29 is 9.59 Å². The van der Waals surface area contributed by atoms with E-state index in [0.717, 1.165) is 15.2 Å². The van der Waals surface area contributed by atoms with Gasteiger partial charge >= 0.3 is 0 Å². The van der Waals surface area contributed by atoms with Gasteiger partial charge in [-0.25, -0.2) is 4.98 Å². The monoisotopic (exact) mass is 320 g/mol. The first-order valence-electron chi connectivity index (χ1n) is 7.15. The molecule has 22 heavy (non-hydrogen) atoms. The fraction of sp³-hybridized carbons (Fsp3) is 0.400. The number of hydrogen-bond acceptors (Lipinski definition) is 5. The van der Waals surface area contributed by atoms with E-state index in [1.54, 1.807) is 11.3 Å². The molecule has 1 aromatic carbocycles. The van der Waals surface area contributed by atoms with Gasteiger partial charge in [-0.3, -0.25) is 14.5 Å². The molecule has 1 heterocycles. The highest BCUT2D eigenvalue weighted by Gasteiger charge is 2.11. The second kappa shape index (κ2) is 7.86. The number of aromatic nitrogens is 1. The van der Waals surface area contributed by atoms with Crippen LogP contribution in [0.15, 0.2) is 24.3 Å². The van der Waals surface area contributed by atoms with Gasteiger partial charge in [-0.15, -0.1) is 11.3 Å². The van der Waals surface area contributed by atoms with E-state index < -0.39 is 0 Å². The van der Waals surface area contributed by atoms with Crippen molar-refractivity contribution in [1.82, 2.24) is 20.5 Å². The zero-order valence-electron chi connectivity index (χ0n) is 12.8.